The van der Waals surface area contributed by atoms with Crippen molar-refractivity contribution in [2.75, 3.05) is 13.1 Å². The lowest BCUT2D eigenvalue weighted by Crippen LogP contribution is -2.15. The zero-order valence-electron chi connectivity index (χ0n) is 13.4. The molecule has 0 saturated carbocycles. The van der Waals surface area contributed by atoms with E-state index in [9.17, 15) is 9.59 Å². The average molecular weight is 294 g/mol. The normalized spacial score (nSPS) is 9.52. The van der Waals surface area contributed by atoms with Gasteiger partial charge in [-0.3, -0.25) is 9.59 Å². The molecule has 0 spiro atoms. The van der Waals surface area contributed by atoms with Gasteiger partial charge in [-0.25, -0.2) is 0 Å². The first kappa shape index (κ1) is 19.1. The SMILES string of the molecule is CCCc1cccc(C(N)=O)c1OC(C)=O.CCNCC. The third-order valence-electron chi connectivity index (χ3n) is 2.63. The lowest BCUT2D eigenvalue weighted by molar-refractivity contribution is -0.131. The van der Waals surface area contributed by atoms with Crippen LogP contribution in [0.15, 0.2) is 18.2 Å². The van der Waals surface area contributed by atoms with Crippen LogP contribution >= 0.6 is 0 Å². The van der Waals surface area contributed by atoms with Gasteiger partial charge >= 0.3 is 5.97 Å². The fourth-order valence-electron chi connectivity index (χ4n) is 1.76. The second kappa shape index (κ2) is 10.9. The number of aryl methyl sites for hydroxylation is 1. The second-order valence-electron chi connectivity index (χ2n) is 4.46. The Kier molecular flexibility index (Phi) is 9.88. The van der Waals surface area contributed by atoms with Gasteiger partial charge in [-0.05, 0) is 31.1 Å². The van der Waals surface area contributed by atoms with E-state index in [2.05, 4.69) is 19.2 Å². The van der Waals surface area contributed by atoms with Crippen LogP contribution in [-0.2, 0) is 11.2 Å². The molecule has 0 unspecified atom stereocenters. The molecule has 0 aliphatic heterocycles. The van der Waals surface area contributed by atoms with Crippen LogP contribution in [0.2, 0.25) is 0 Å². The maximum atomic E-state index is 11.2. The van der Waals surface area contributed by atoms with Crippen LogP contribution < -0.4 is 15.8 Å². The Balaban J connectivity index is 0.000000690. The highest BCUT2D eigenvalue weighted by Gasteiger charge is 2.15. The molecule has 1 aromatic rings. The number of rotatable bonds is 6. The van der Waals surface area contributed by atoms with E-state index in [0.717, 1.165) is 31.5 Å². The van der Waals surface area contributed by atoms with Crippen molar-refractivity contribution in [2.24, 2.45) is 5.73 Å². The number of para-hydroxylation sites is 1. The Labute approximate surface area is 126 Å². The van der Waals surface area contributed by atoms with Crippen LogP contribution in [0, 0.1) is 0 Å². The molecule has 5 heteroatoms. The van der Waals surface area contributed by atoms with Gasteiger partial charge in [0.1, 0.15) is 5.75 Å². The van der Waals surface area contributed by atoms with Gasteiger partial charge in [-0.15, -0.1) is 0 Å². The van der Waals surface area contributed by atoms with Crippen LogP contribution in [0.25, 0.3) is 0 Å². The van der Waals surface area contributed by atoms with Crippen LogP contribution in [0.5, 0.6) is 5.75 Å². The van der Waals surface area contributed by atoms with Crippen LogP contribution in [0.3, 0.4) is 0 Å². The lowest BCUT2D eigenvalue weighted by Gasteiger charge is -2.11. The summed E-state index contributed by atoms with van der Waals surface area (Å²) in [7, 11) is 0. The summed E-state index contributed by atoms with van der Waals surface area (Å²) in [5.74, 6) is -0.746. The molecule has 0 saturated heterocycles. The number of hydrogen-bond donors (Lipinski definition) is 2. The summed E-state index contributed by atoms with van der Waals surface area (Å²) < 4.78 is 5.05. The Morgan fingerprint density at radius 3 is 2.19 bits per heavy atom. The molecule has 0 bridgehead atoms. The maximum absolute atomic E-state index is 11.2. The minimum atomic E-state index is -0.589. The van der Waals surface area contributed by atoms with Gasteiger partial charge in [0.25, 0.3) is 5.91 Å². The number of nitrogens with one attached hydrogen (secondary N) is 1. The molecular formula is C16H26N2O3. The van der Waals surface area contributed by atoms with Crippen molar-refractivity contribution in [1.82, 2.24) is 5.32 Å². The molecule has 1 aromatic carbocycles. The molecule has 0 aliphatic carbocycles. The van der Waals surface area contributed by atoms with Crippen molar-refractivity contribution in [1.29, 1.82) is 0 Å². The topological polar surface area (TPSA) is 81.4 Å². The number of primary amides is 1. The molecule has 1 amide bonds. The summed E-state index contributed by atoms with van der Waals surface area (Å²) in [6, 6.07) is 5.12. The van der Waals surface area contributed by atoms with Gasteiger partial charge in [0.2, 0.25) is 0 Å². The zero-order chi connectivity index (χ0) is 16.3. The van der Waals surface area contributed by atoms with E-state index in [0.29, 0.717) is 5.75 Å². The fourth-order valence-corrected chi connectivity index (χ4v) is 1.76. The van der Waals surface area contributed by atoms with Crippen molar-refractivity contribution in [3.8, 4) is 5.75 Å². The molecule has 5 nitrogen and oxygen atoms in total. The Hall–Kier alpha value is -1.88. The van der Waals surface area contributed by atoms with Gasteiger partial charge in [0.15, 0.2) is 0 Å². The summed E-state index contributed by atoms with van der Waals surface area (Å²) >= 11 is 0. The van der Waals surface area contributed by atoms with E-state index in [1.54, 1.807) is 12.1 Å². The highest BCUT2D eigenvalue weighted by molar-refractivity contribution is 5.96. The quantitative estimate of drug-likeness (QED) is 0.623. The smallest absolute Gasteiger partial charge is 0.308 e. The van der Waals surface area contributed by atoms with E-state index in [-0.39, 0.29) is 5.56 Å². The average Bonchev–Trinajstić information content (AvgIpc) is 2.41. The summed E-state index contributed by atoms with van der Waals surface area (Å²) in [6.45, 7) is 9.70. The third-order valence-corrected chi connectivity index (χ3v) is 2.63. The largest absolute Gasteiger partial charge is 0.426 e. The molecule has 0 atom stereocenters. The van der Waals surface area contributed by atoms with Crippen molar-refractivity contribution < 1.29 is 14.3 Å². The number of hydrogen-bond acceptors (Lipinski definition) is 4. The van der Waals surface area contributed by atoms with Gasteiger partial charge in [-0.1, -0.05) is 39.3 Å². The van der Waals surface area contributed by atoms with E-state index in [4.69, 9.17) is 10.5 Å². The van der Waals surface area contributed by atoms with Gasteiger partial charge in [-0.2, -0.15) is 0 Å². The van der Waals surface area contributed by atoms with Gasteiger partial charge in [0, 0.05) is 6.92 Å². The monoisotopic (exact) mass is 294 g/mol. The Bertz CT molecular complexity index is 457. The number of carbonyl (C=O) groups excluding carboxylic acids is 2. The first-order chi connectivity index (χ1) is 9.97. The molecule has 0 aromatic heterocycles. The molecule has 1 rings (SSSR count). The molecule has 118 valence electrons. The van der Waals surface area contributed by atoms with Gasteiger partial charge < -0.3 is 15.8 Å². The highest BCUT2D eigenvalue weighted by Crippen LogP contribution is 2.25. The molecule has 3 N–H and O–H groups in total. The van der Waals surface area contributed by atoms with Crippen LogP contribution in [0.1, 0.15) is 50.0 Å². The minimum Gasteiger partial charge on any atom is -0.426 e. The number of amides is 1. The first-order valence-electron chi connectivity index (χ1n) is 7.28. The second-order valence-corrected chi connectivity index (χ2v) is 4.46. The third kappa shape index (κ3) is 7.46. The molecule has 0 aliphatic rings. The minimum absolute atomic E-state index is 0.251. The number of benzene rings is 1. The Morgan fingerprint density at radius 2 is 1.81 bits per heavy atom. The summed E-state index contributed by atoms with van der Waals surface area (Å²) in [6.07, 6.45) is 1.64. The summed E-state index contributed by atoms with van der Waals surface area (Å²) in [4.78, 5) is 22.2. The molecule has 0 fully saturated rings. The summed E-state index contributed by atoms with van der Waals surface area (Å²) in [5, 5.41) is 3.11. The summed E-state index contributed by atoms with van der Waals surface area (Å²) in [5.41, 5.74) is 6.30. The van der Waals surface area contributed by atoms with Crippen molar-refractivity contribution in [3.63, 3.8) is 0 Å². The number of esters is 1. The predicted octanol–water partition coefficient (Wildman–Crippen LogP) is 2.28. The highest BCUT2D eigenvalue weighted by atomic mass is 16.5. The molecule has 0 heterocycles. The number of ether oxygens (including phenoxy) is 1. The van der Waals surface area contributed by atoms with Gasteiger partial charge in [0.05, 0.1) is 5.56 Å². The Morgan fingerprint density at radius 1 is 1.19 bits per heavy atom. The van der Waals surface area contributed by atoms with E-state index in [1.807, 2.05) is 13.0 Å². The van der Waals surface area contributed by atoms with Crippen LogP contribution in [-0.4, -0.2) is 25.0 Å². The van der Waals surface area contributed by atoms with E-state index < -0.39 is 11.9 Å². The number of nitrogens with two attached hydrogens (primary N) is 1. The molecule has 21 heavy (non-hydrogen) atoms. The van der Waals surface area contributed by atoms with Crippen molar-refractivity contribution >= 4 is 11.9 Å². The predicted molar refractivity (Wildman–Crippen MR) is 84.5 cm³/mol. The van der Waals surface area contributed by atoms with E-state index in [1.165, 1.54) is 6.92 Å². The lowest BCUT2D eigenvalue weighted by atomic mass is 10.0. The molecular weight excluding hydrogens is 268 g/mol. The standard InChI is InChI=1S/C12H15NO3.C4H11N/c1-3-5-9-6-4-7-10(12(13)15)11(9)16-8(2)14;1-3-5-4-2/h4,6-7H,3,5H2,1-2H3,(H2,13,15);5H,3-4H2,1-2H3. The van der Waals surface area contributed by atoms with Crippen molar-refractivity contribution in [3.05, 3.63) is 29.3 Å². The van der Waals surface area contributed by atoms with E-state index >= 15 is 0 Å². The fraction of sp³-hybridized carbons (Fsp3) is 0.500. The van der Waals surface area contributed by atoms with Crippen LogP contribution in [0.4, 0.5) is 0 Å². The zero-order valence-corrected chi connectivity index (χ0v) is 13.4. The number of carbonyl (C=O) groups is 2. The molecule has 0 radical (unpaired) electrons. The first-order valence-corrected chi connectivity index (χ1v) is 7.28. The van der Waals surface area contributed by atoms with Crippen molar-refractivity contribution in [2.45, 2.75) is 40.5 Å². The maximum Gasteiger partial charge on any atom is 0.308 e.